The molecule has 0 bridgehead atoms. The van der Waals surface area contributed by atoms with Gasteiger partial charge in [-0.3, -0.25) is 4.79 Å². The van der Waals surface area contributed by atoms with Gasteiger partial charge in [-0.05, 0) is 36.5 Å². The summed E-state index contributed by atoms with van der Waals surface area (Å²) >= 11 is 0. The molecule has 1 amide bonds. The van der Waals surface area contributed by atoms with E-state index < -0.39 is 0 Å². The largest absolute Gasteiger partial charge is 0.329 e. The Bertz CT molecular complexity index is 432. The van der Waals surface area contributed by atoms with Gasteiger partial charge in [-0.15, -0.1) is 0 Å². The summed E-state index contributed by atoms with van der Waals surface area (Å²) < 4.78 is 0. The molecule has 1 aromatic rings. The van der Waals surface area contributed by atoms with Crippen LogP contribution in [0.15, 0.2) is 24.3 Å². The van der Waals surface area contributed by atoms with Gasteiger partial charge in [-0.25, -0.2) is 0 Å². The average Bonchev–Trinajstić information content (AvgIpc) is 3.18. The topological polar surface area (TPSA) is 46.3 Å². The molecule has 0 saturated heterocycles. The van der Waals surface area contributed by atoms with Crippen molar-refractivity contribution >= 4 is 11.6 Å². The Morgan fingerprint density at radius 3 is 2.28 bits per heavy atom. The zero-order valence-electron chi connectivity index (χ0n) is 11.4. The number of carbonyl (C=O) groups excluding carboxylic acids is 1. The lowest BCUT2D eigenvalue weighted by molar-refractivity contribution is -0.123. The van der Waals surface area contributed by atoms with Crippen LogP contribution in [0, 0.1) is 5.41 Å². The maximum atomic E-state index is 12.3. The summed E-state index contributed by atoms with van der Waals surface area (Å²) in [5.74, 6) is 0.668. The minimum atomic E-state index is -0.272. The number of hydrogen-bond acceptors (Lipinski definition) is 2. The summed E-state index contributed by atoms with van der Waals surface area (Å²) in [5, 5.41) is 0. The highest BCUT2D eigenvalue weighted by Crippen LogP contribution is 2.46. The lowest BCUT2D eigenvalue weighted by atomic mass is 10.0. The Kier molecular flexibility index (Phi) is 3.44. The van der Waals surface area contributed by atoms with E-state index in [9.17, 15) is 4.79 Å². The lowest BCUT2D eigenvalue weighted by Crippen LogP contribution is -2.38. The molecule has 1 aliphatic carbocycles. The van der Waals surface area contributed by atoms with E-state index in [0.29, 0.717) is 12.5 Å². The molecule has 0 aliphatic heterocycles. The van der Waals surface area contributed by atoms with Crippen LogP contribution in [0.4, 0.5) is 5.69 Å². The van der Waals surface area contributed by atoms with Gasteiger partial charge in [0, 0.05) is 19.3 Å². The number of anilines is 1. The molecule has 0 radical (unpaired) electrons. The van der Waals surface area contributed by atoms with E-state index in [1.54, 1.807) is 4.90 Å². The number of nitrogens with two attached hydrogens (primary N) is 1. The predicted octanol–water partition coefficient (Wildman–Crippen LogP) is 2.51. The Morgan fingerprint density at radius 2 is 1.89 bits per heavy atom. The number of amides is 1. The molecule has 2 rings (SSSR count). The molecule has 98 valence electrons. The lowest BCUT2D eigenvalue weighted by Gasteiger charge is -2.23. The van der Waals surface area contributed by atoms with Crippen molar-refractivity contribution in [1.82, 2.24) is 0 Å². The van der Waals surface area contributed by atoms with Crippen molar-refractivity contribution in [3.8, 4) is 0 Å². The van der Waals surface area contributed by atoms with Gasteiger partial charge < -0.3 is 10.6 Å². The second kappa shape index (κ2) is 4.73. The van der Waals surface area contributed by atoms with Crippen LogP contribution < -0.4 is 10.6 Å². The Morgan fingerprint density at radius 1 is 1.33 bits per heavy atom. The number of benzene rings is 1. The van der Waals surface area contributed by atoms with Crippen molar-refractivity contribution in [2.24, 2.45) is 11.1 Å². The minimum absolute atomic E-state index is 0.155. The van der Waals surface area contributed by atoms with Crippen LogP contribution in [0.5, 0.6) is 0 Å². The van der Waals surface area contributed by atoms with Crippen LogP contribution in [-0.2, 0) is 4.79 Å². The number of nitrogens with zero attached hydrogens (tertiary/aromatic N) is 1. The number of rotatable bonds is 4. The van der Waals surface area contributed by atoms with Gasteiger partial charge in [0.2, 0.25) is 5.91 Å². The van der Waals surface area contributed by atoms with Gasteiger partial charge in [0.25, 0.3) is 0 Å². The zero-order chi connectivity index (χ0) is 13.3. The molecule has 1 aromatic carbocycles. The SMILES string of the molecule is CC(C)c1ccc(N(C)C(=O)C2(CN)CC2)cc1. The standard InChI is InChI=1S/C15H22N2O/c1-11(2)12-4-6-13(7-5-12)17(3)14(18)15(10-16)8-9-15/h4-7,11H,8-10,16H2,1-3H3. The van der Waals surface area contributed by atoms with Crippen molar-refractivity contribution in [3.05, 3.63) is 29.8 Å². The highest BCUT2D eigenvalue weighted by atomic mass is 16.2. The molecule has 0 spiro atoms. The monoisotopic (exact) mass is 246 g/mol. The van der Waals surface area contributed by atoms with Gasteiger partial charge in [-0.1, -0.05) is 26.0 Å². The molecular weight excluding hydrogens is 224 g/mol. The third-order valence-electron chi connectivity index (χ3n) is 3.95. The van der Waals surface area contributed by atoms with E-state index in [1.807, 2.05) is 19.2 Å². The van der Waals surface area contributed by atoms with E-state index in [4.69, 9.17) is 5.73 Å². The fourth-order valence-electron chi connectivity index (χ4n) is 2.21. The first-order valence-corrected chi connectivity index (χ1v) is 6.58. The highest BCUT2D eigenvalue weighted by Gasteiger charge is 2.50. The number of carbonyl (C=O) groups is 1. The molecule has 0 aromatic heterocycles. The van der Waals surface area contributed by atoms with Crippen LogP contribution in [0.2, 0.25) is 0 Å². The maximum absolute atomic E-state index is 12.3. The Hall–Kier alpha value is -1.35. The van der Waals surface area contributed by atoms with E-state index in [2.05, 4.69) is 26.0 Å². The second-order valence-electron chi connectivity index (χ2n) is 5.59. The molecule has 0 atom stereocenters. The molecule has 3 heteroatoms. The van der Waals surface area contributed by atoms with Crippen molar-refractivity contribution in [2.75, 3.05) is 18.5 Å². The van der Waals surface area contributed by atoms with Crippen LogP contribution in [0.3, 0.4) is 0 Å². The molecular formula is C15H22N2O. The highest BCUT2D eigenvalue weighted by molar-refractivity contribution is 5.99. The molecule has 1 saturated carbocycles. The number of hydrogen-bond donors (Lipinski definition) is 1. The Balaban J connectivity index is 2.14. The summed E-state index contributed by atoms with van der Waals surface area (Å²) in [5.41, 5.74) is 7.67. The quantitative estimate of drug-likeness (QED) is 0.887. The first-order chi connectivity index (χ1) is 8.50. The van der Waals surface area contributed by atoms with Crippen LogP contribution >= 0.6 is 0 Å². The fraction of sp³-hybridized carbons (Fsp3) is 0.533. The third-order valence-corrected chi connectivity index (χ3v) is 3.95. The summed E-state index contributed by atoms with van der Waals surface area (Å²) in [6.45, 7) is 4.79. The van der Waals surface area contributed by atoms with Crippen molar-refractivity contribution in [2.45, 2.75) is 32.6 Å². The van der Waals surface area contributed by atoms with Gasteiger partial charge >= 0.3 is 0 Å². The van der Waals surface area contributed by atoms with Crippen molar-refractivity contribution < 1.29 is 4.79 Å². The molecule has 1 aliphatic rings. The molecule has 18 heavy (non-hydrogen) atoms. The molecule has 0 unspecified atom stereocenters. The van der Waals surface area contributed by atoms with E-state index in [0.717, 1.165) is 18.5 Å². The van der Waals surface area contributed by atoms with Gasteiger partial charge in [0.05, 0.1) is 5.41 Å². The van der Waals surface area contributed by atoms with Crippen LogP contribution in [0.25, 0.3) is 0 Å². The van der Waals surface area contributed by atoms with E-state index in [1.165, 1.54) is 5.56 Å². The molecule has 3 nitrogen and oxygen atoms in total. The maximum Gasteiger partial charge on any atom is 0.234 e. The first-order valence-electron chi connectivity index (χ1n) is 6.58. The zero-order valence-corrected chi connectivity index (χ0v) is 11.4. The fourth-order valence-corrected chi connectivity index (χ4v) is 2.21. The third kappa shape index (κ3) is 2.27. The van der Waals surface area contributed by atoms with E-state index in [-0.39, 0.29) is 11.3 Å². The Labute approximate surface area is 109 Å². The molecule has 1 fully saturated rings. The summed E-state index contributed by atoms with van der Waals surface area (Å²) in [6, 6.07) is 8.21. The normalized spacial score (nSPS) is 16.7. The van der Waals surface area contributed by atoms with Crippen molar-refractivity contribution in [3.63, 3.8) is 0 Å². The summed E-state index contributed by atoms with van der Waals surface area (Å²) in [7, 11) is 1.84. The smallest absolute Gasteiger partial charge is 0.234 e. The van der Waals surface area contributed by atoms with Gasteiger partial charge in [-0.2, -0.15) is 0 Å². The first kappa shape index (κ1) is 13.1. The molecule has 2 N–H and O–H groups in total. The minimum Gasteiger partial charge on any atom is -0.329 e. The van der Waals surface area contributed by atoms with Crippen molar-refractivity contribution in [1.29, 1.82) is 0 Å². The summed E-state index contributed by atoms with van der Waals surface area (Å²) in [4.78, 5) is 14.1. The second-order valence-corrected chi connectivity index (χ2v) is 5.59. The molecule has 0 heterocycles. The van der Waals surface area contributed by atoms with Gasteiger partial charge in [0.15, 0.2) is 0 Å². The average molecular weight is 246 g/mol. The predicted molar refractivity (Wildman–Crippen MR) is 74.7 cm³/mol. The van der Waals surface area contributed by atoms with Crippen LogP contribution in [-0.4, -0.2) is 19.5 Å². The summed E-state index contributed by atoms with van der Waals surface area (Å²) in [6.07, 6.45) is 1.85. The van der Waals surface area contributed by atoms with E-state index >= 15 is 0 Å². The van der Waals surface area contributed by atoms with Gasteiger partial charge in [0.1, 0.15) is 0 Å². The van der Waals surface area contributed by atoms with Crippen LogP contribution in [0.1, 0.15) is 38.2 Å².